The number of benzene rings is 1. The van der Waals surface area contributed by atoms with Crippen molar-refractivity contribution in [3.05, 3.63) is 100 Å². The monoisotopic (exact) mass is 1170 g/mol. The van der Waals surface area contributed by atoms with Crippen LogP contribution in [0.1, 0.15) is 243 Å². The smallest absolute Gasteiger partial charge is 0.370 e. The molecule has 3 aromatic heterocycles. The van der Waals surface area contributed by atoms with E-state index < -0.39 is 11.7 Å². The minimum absolute atomic E-state index is 0. The number of aromatic nitrogens is 4. The summed E-state index contributed by atoms with van der Waals surface area (Å²) in [5, 5.41) is 10.6. The van der Waals surface area contributed by atoms with Crippen LogP contribution in [0.3, 0.4) is 0 Å². The lowest BCUT2D eigenvalue weighted by Gasteiger charge is -2.37. The Kier molecular flexibility index (Phi) is 34.8. The number of hydrogen-bond donors (Lipinski definition) is 2. The first-order valence-electron chi connectivity index (χ1n) is 30.4. The van der Waals surface area contributed by atoms with Crippen molar-refractivity contribution in [2.45, 2.75) is 251 Å². The summed E-state index contributed by atoms with van der Waals surface area (Å²) in [5.74, 6) is 4.14. The molecule has 4 aromatic rings. The number of halogens is 3. The number of anilines is 2. The molecule has 83 heavy (non-hydrogen) atoms. The molecule has 2 aliphatic heterocycles. The average Bonchev–Trinajstić information content (AvgIpc) is 3.94. The van der Waals surface area contributed by atoms with Crippen LogP contribution in [0.2, 0.25) is 0 Å². The molecule has 7 rings (SSSR count). The summed E-state index contributed by atoms with van der Waals surface area (Å²) in [5.41, 5.74) is 10.00. The van der Waals surface area contributed by atoms with Gasteiger partial charge in [0.1, 0.15) is 11.6 Å². The lowest BCUT2D eigenvalue weighted by Crippen LogP contribution is -2.35. The zero-order valence-corrected chi connectivity index (χ0v) is 55.6. The zero-order valence-electron chi connectivity index (χ0n) is 55.6. The number of piperidine rings is 2. The summed E-state index contributed by atoms with van der Waals surface area (Å²) in [7, 11) is 4.44. The van der Waals surface area contributed by atoms with Gasteiger partial charge in [0.2, 0.25) is 0 Å². The third-order valence-electron chi connectivity index (χ3n) is 15.8. The van der Waals surface area contributed by atoms with Crippen LogP contribution in [-0.2, 0) is 19.1 Å². The molecule has 480 valence electrons. The molecule has 2 fully saturated rings. The Morgan fingerprint density at radius 1 is 0.518 bits per heavy atom. The summed E-state index contributed by atoms with van der Waals surface area (Å²) in [6.45, 7) is 57.4. The SMILES string of the molecule is C.C.C.CC(C)(C)CCNc1ccc(C(F)(F)F)cn1.CN1CCC(C(C)(C)C)CC1.CN1CCC(C(C)(C)C)CC1.Cc1ccc2c(c1)C(C(C)(C)C)CC2.Cc1cnc(NCCC(C)(C)C)c(C)c1.Cc1cnn(CCC(C)(C)C)c1. The van der Waals surface area contributed by atoms with E-state index in [4.69, 9.17) is 0 Å². The van der Waals surface area contributed by atoms with Crippen molar-refractivity contribution in [2.75, 3.05) is 64.0 Å². The molecule has 1 aromatic carbocycles. The van der Waals surface area contributed by atoms with Crippen molar-refractivity contribution in [2.24, 2.45) is 44.3 Å². The van der Waals surface area contributed by atoms with E-state index in [1.807, 2.05) is 17.1 Å². The topological polar surface area (TPSA) is 74.1 Å². The third kappa shape index (κ3) is 34.7. The Morgan fingerprint density at radius 3 is 1.39 bits per heavy atom. The van der Waals surface area contributed by atoms with E-state index in [2.05, 4.69) is 232 Å². The first kappa shape index (κ1) is 81.1. The van der Waals surface area contributed by atoms with E-state index in [9.17, 15) is 13.2 Å². The molecule has 1 unspecified atom stereocenters. The lowest BCUT2D eigenvalue weighted by molar-refractivity contribution is -0.137. The summed E-state index contributed by atoms with van der Waals surface area (Å²) < 4.78 is 38.8. The third-order valence-corrected chi connectivity index (χ3v) is 15.8. The molecule has 0 bridgehead atoms. The summed E-state index contributed by atoms with van der Waals surface area (Å²) in [4.78, 5) is 13.0. The number of nitrogens with zero attached hydrogens (tertiary/aromatic N) is 6. The van der Waals surface area contributed by atoms with Crippen LogP contribution in [0.15, 0.2) is 61.2 Å². The van der Waals surface area contributed by atoms with Gasteiger partial charge in [-0.15, -0.1) is 0 Å². The quantitative estimate of drug-likeness (QED) is 0.182. The largest absolute Gasteiger partial charge is 0.417 e. The molecule has 1 aliphatic carbocycles. The van der Waals surface area contributed by atoms with E-state index in [0.29, 0.717) is 39.4 Å². The number of pyridine rings is 2. The first-order chi connectivity index (χ1) is 36.5. The van der Waals surface area contributed by atoms with Gasteiger partial charge in [-0.3, -0.25) is 4.68 Å². The first-order valence-corrected chi connectivity index (χ1v) is 30.4. The van der Waals surface area contributed by atoms with Gasteiger partial charge in [0.25, 0.3) is 0 Å². The predicted molar refractivity (Wildman–Crippen MR) is 360 cm³/mol. The summed E-state index contributed by atoms with van der Waals surface area (Å²) >= 11 is 0. The van der Waals surface area contributed by atoms with Crippen molar-refractivity contribution in [3.63, 3.8) is 0 Å². The number of likely N-dealkylation sites (tertiary alicyclic amines) is 2. The fourth-order valence-electron chi connectivity index (χ4n) is 10.1. The van der Waals surface area contributed by atoms with Crippen molar-refractivity contribution in [1.29, 1.82) is 0 Å². The van der Waals surface area contributed by atoms with E-state index in [0.717, 1.165) is 61.8 Å². The summed E-state index contributed by atoms with van der Waals surface area (Å²) in [6.07, 6.45) is 13.9. The molecule has 0 saturated carbocycles. The number of fused-ring (bicyclic) bond motifs is 1. The van der Waals surface area contributed by atoms with E-state index in [1.54, 1.807) is 11.1 Å². The molecule has 0 amide bonds. The van der Waals surface area contributed by atoms with Crippen molar-refractivity contribution in [1.82, 2.24) is 29.5 Å². The minimum Gasteiger partial charge on any atom is -0.370 e. The maximum absolute atomic E-state index is 12.3. The van der Waals surface area contributed by atoms with Crippen LogP contribution >= 0.6 is 0 Å². The van der Waals surface area contributed by atoms with E-state index in [1.165, 1.54) is 99.4 Å². The molecule has 3 aliphatic rings. The number of aryl methyl sites for hydroxylation is 6. The fraction of sp³-hybridized carbons (Fsp3) is 0.736. The number of rotatable bonds is 8. The van der Waals surface area contributed by atoms with Crippen LogP contribution in [0.25, 0.3) is 0 Å². The number of alkyl halides is 3. The Morgan fingerprint density at radius 2 is 1.00 bits per heavy atom. The van der Waals surface area contributed by atoms with Gasteiger partial charge in [-0.25, -0.2) is 9.97 Å². The van der Waals surface area contributed by atoms with Crippen LogP contribution in [0.4, 0.5) is 24.8 Å². The lowest BCUT2D eigenvalue weighted by atomic mass is 9.75. The van der Waals surface area contributed by atoms with Crippen LogP contribution in [0.5, 0.6) is 0 Å². The average molecular weight is 1170 g/mol. The molecule has 2 N–H and O–H groups in total. The second kappa shape index (κ2) is 35.6. The normalized spacial score (nSPS) is 16.3. The van der Waals surface area contributed by atoms with Crippen LogP contribution in [-0.4, -0.2) is 82.9 Å². The molecule has 0 radical (unpaired) electrons. The van der Waals surface area contributed by atoms with E-state index in [-0.39, 0.29) is 27.7 Å². The maximum atomic E-state index is 12.3. The Labute approximate surface area is 511 Å². The van der Waals surface area contributed by atoms with Gasteiger partial charge in [-0.1, -0.05) is 177 Å². The summed E-state index contributed by atoms with van der Waals surface area (Å²) in [6, 6.07) is 11.5. The van der Waals surface area contributed by atoms with Gasteiger partial charge in [0.05, 0.1) is 11.8 Å². The highest BCUT2D eigenvalue weighted by Crippen LogP contribution is 2.45. The Balaban J connectivity index is 0. The molecule has 0 spiro atoms. The number of hydrogen-bond acceptors (Lipinski definition) is 7. The van der Waals surface area contributed by atoms with Gasteiger partial charge < -0.3 is 20.4 Å². The van der Waals surface area contributed by atoms with Crippen LogP contribution in [0, 0.1) is 72.0 Å². The van der Waals surface area contributed by atoms with Crippen molar-refractivity contribution < 1.29 is 13.2 Å². The van der Waals surface area contributed by atoms with E-state index >= 15 is 0 Å². The van der Waals surface area contributed by atoms with Crippen molar-refractivity contribution in [3.8, 4) is 0 Å². The predicted octanol–water partition coefficient (Wildman–Crippen LogP) is 20.9. The van der Waals surface area contributed by atoms with Gasteiger partial charge in [0.15, 0.2) is 0 Å². The van der Waals surface area contributed by atoms with Gasteiger partial charge in [-0.05, 0) is 216 Å². The standard InChI is InChI=1S/C14H20.C13H22N2.C12H17F3N2.C10H18N2.2C10H21N.3CH4/c1-10-5-6-11-7-8-13(12(11)9-10)14(2,3)4;1-10-8-11(2)12(15-9-10)14-7-6-13(3,4)5;1-11(2,3)6-7-16-10-5-4-9(8-17-10)12(13,14)15;1-9-7-11-12(8-9)6-5-10(2,3)4;2*1-10(2,3)9-5-7-11(4)8-6-9;;;/h5-6,9,13H,7-8H2,1-4H3;8-9H,6-7H2,1-5H3,(H,14,15);4-5,8H,6-7H2,1-3H3,(H,16,17);7-8H,5-6H2,1-4H3;2*9H,5-8H2,1-4H3;3*1H4. The molecular formula is C72H131F3N8. The second-order valence-electron chi connectivity index (χ2n) is 30.7. The van der Waals surface area contributed by atoms with Crippen LogP contribution < -0.4 is 10.6 Å². The molecule has 8 nitrogen and oxygen atoms in total. The highest BCUT2D eigenvalue weighted by Gasteiger charge is 2.33. The minimum atomic E-state index is -4.32. The van der Waals surface area contributed by atoms with Gasteiger partial charge >= 0.3 is 6.18 Å². The fourth-order valence-corrected chi connectivity index (χ4v) is 10.1. The van der Waals surface area contributed by atoms with Gasteiger partial charge in [0, 0.05) is 38.2 Å². The van der Waals surface area contributed by atoms with Gasteiger partial charge in [-0.2, -0.15) is 18.3 Å². The molecule has 11 heteroatoms. The number of nitrogens with one attached hydrogen (secondary N) is 2. The molecule has 5 heterocycles. The highest BCUT2D eigenvalue weighted by molar-refractivity contribution is 5.44. The zero-order chi connectivity index (χ0) is 61.1. The van der Waals surface area contributed by atoms with Crippen molar-refractivity contribution >= 4 is 11.6 Å². The highest BCUT2D eigenvalue weighted by atomic mass is 19.4. The molecule has 1 atom stereocenters. The maximum Gasteiger partial charge on any atom is 0.417 e. The molecular weight excluding hydrogens is 1030 g/mol. The second-order valence-corrected chi connectivity index (χ2v) is 30.7. The Bertz CT molecular complexity index is 2300. The Hall–Kier alpha value is -3.96. The molecule has 2 saturated heterocycles.